The lowest BCUT2D eigenvalue weighted by Gasteiger charge is -2.40. The quantitative estimate of drug-likeness (QED) is 0.833. The molecule has 0 aromatic heterocycles. The van der Waals surface area contributed by atoms with Gasteiger partial charge >= 0.3 is 0 Å². The fourth-order valence-corrected chi connectivity index (χ4v) is 3.39. The van der Waals surface area contributed by atoms with Crippen molar-refractivity contribution in [3.05, 3.63) is 0 Å². The number of hydrogen-bond acceptors (Lipinski definition) is 2. The third-order valence-corrected chi connectivity index (χ3v) is 4.75. The molecule has 1 saturated heterocycles. The van der Waals surface area contributed by atoms with Crippen molar-refractivity contribution >= 4 is 11.8 Å². The Morgan fingerprint density at radius 3 is 2.47 bits per heavy atom. The van der Waals surface area contributed by atoms with Gasteiger partial charge in [0.05, 0.1) is 0 Å². The van der Waals surface area contributed by atoms with Crippen LogP contribution in [0.15, 0.2) is 0 Å². The number of amides is 2. The van der Waals surface area contributed by atoms with Gasteiger partial charge in [-0.3, -0.25) is 9.59 Å². The van der Waals surface area contributed by atoms with Crippen molar-refractivity contribution in [1.82, 2.24) is 10.2 Å². The fourth-order valence-electron chi connectivity index (χ4n) is 3.39. The summed E-state index contributed by atoms with van der Waals surface area (Å²) in [5.74, 6) is 0.115. The highest BCUT2D eigenvalue weighted by Crippen LogP contribution is 2.29. The van der Waals surface area contributed by atoms with Crippen LogP contribution in [0.5, 0.6) is 0 Å². The van der Waals surface area contributed by atoms with Crippen LogP contribution in [0.2, 0.25) is 0 Å². The largest absolute Gasteiger partial charge is 0.342 e. The summed E-state index contributed by atoms with van der Waals surface area (Å²) in [6, 6.07) is 0.346. The summed E-state index contributed by atoms with van der Waals surface area (Å²) in [5, 5.41) is 2.92. The van der Waals surface area contributed by atoms with E-state index in [2.05, 4.69) is 5.32 Å². The molecule has 2 fully saturated rings. The van der Waals surface area contributed by atoms with Crippen molar-refractivity contribution in [3.63, 3.8) is 0 Å². The van der Waals surface area contributed by atoms with Crippen molar-refractivity contribution < 1.29 is 9.59 Å². The lowest BCUT2D eigenvalue weighted by Crippen LogP contribution is -2.58. The molecule has 0 aromatic rings. The topological polar surface area (TPSA) is 49.4 Å². The third kappa shape index (κ3) is 2.77. The highest BCUT2D eigenvalue weighted by molar-refractivity contribution is 5.93. The van der Waals surface area contributed by atoms with E-state index >= 15 is 0 Å². The maximum atomic E-state index is 12.9. The lowest BCUT2D eigenvalue weighted by molar-refractivity contribution is -0.142. The summed E-state index contributed by atoms with van der Waals surface area (Å²) in [7, 11) is 0. The van der Waals surface area contributed by atoms with E-state index in [1.165, 1.54) is 19.3 Å². The average Bonchev–Trinajstić information content (AvgIpc) is 2.47. The minimum Gasteiger partial charge on any atom is -0.342 e. The van der Waals surface area contributed by atoms with Crippen LogP contribution in [0.25, 0.3) is 0 Å². The molecule has 108 valence electrons. The molecule has 2 atom stereocenters. The van der Waals surface area contributed by atoms with E-state index in [4.69, 9.17) is 0 Å². The molecule has 2 aliphatic rings. The summed E-state index contributed by atoms with van der Waals surface area (Å²) in [4.78, 5) is 26.8. The van der Waals surface area contributed by atoms with Crippen molar-refractivity contribution in [2.24, 2.45) is 0 Å². The Kier molecular flexibility index (Phi) is 4.16. The van der Waals surface area contributed by atoms with E-state index < -0.39 is 5.54 Å². The highest BCUT2D eigenvalue weighted by atomic mass is 16.2. The van der Waals surface area contributed by atoms with Gasteiger partial charge in [0.2, 0.25) is 11.8 Å². The van der Waals surface area contributed by atoms with Crippen molar-refractivity contribution in [2.75, 3.05) is 0 Å². The van der Waals surface area contributed by atoms with Crippen LogP contribution in [0, 0.1) is 0 Å². The minimum atomic E-state index is -0.723. The summed E-state index contributed by atoms with van der Waals surface area (Å²) in [5.41, 5.74) is -0.723. The molecule has 4 heteroatoms. The van der Waals surface area contributed by atoms with Gasteiger partial charge in [0, 0.05) is 18.5 Å². The molecule has 1 saturated carbocycles. The standard InChI is InChI=1S/C15H26N2O2/c1-4-15(3)14(19)17(11(2)10-13(18)16-15)12-8-6-5-7-9-12/h11-12H,4-10H2,1-3H3,(H,16,18). The second-order valence-corrected chi connectivity index (χ2v) is 6.29. The fraction of sp³-hybridized carbons (Fsp3) is 0.867. The third-order valence-electron chi connectivity index (χ3n) is 4.75. The van der Waals surface area contributed by atoms with Crippen LogP contribution in [-0.2, 0) is 9.59 Å². The van der Waals surface area contributed by atoms with E-state index in [1.54, 1.807) is 0 Å². The molecule has 2 unspecified atom stereocenters. The summed E-state index contributed by atoms with van der Waals surface area (Å²) in [6.07, 6.45) is 6.92. The maximum Gasteiger partial charge on any atom is 0.248 e. The molecule has 2 rings (SSSR count). The highest BCUT2D eigenvalue weighted by Gasteiger charge is 2.44. The SMILES string of the molecule is CCC1(C)NC(=O)CC(C)N(C2CCCCC2)C1=O. The Hall–Kier alpha value is -1.06. The zero-order valence-electron chi connectivity index (χ0n) is 12.4. The van der Waals surface area contributed by atoms with Gasteiger partial charge in [0.15, 0.2) is 0 Å². The van der Waals surface area contributed by atoms with Crippen molar-refractivity contribution in [1.29, 1.82) is 0 Å². The molecule has 0 aromatic carbocycles. The monoisotopic (exact) mass is 266 g/mol. The van der Waals surface area contributed by atoms with E-state index in [0.717, 1.165) is 12.8 Å². The van der Waals surface area contributed by atoms with Gasteiger partial charge in [-0.2, -0.15) is 0 Å². The van der Waals surface area contributed by atoms with Crippen LogP contribution in [0.4, 0.5) is 0 Å². The molecule has 0 bridgehead atoms. The molecule has 0 spiro atoms. The van der Waals surface area contributed by atoms with Crippen molar-refractivity contribution in [2.45, 2.75) is 83.3 Å². The number of carbonyl (C=O) groups is 2. The molecule has 1 heterocycles. The average molecular weight is 266 g/mol. The molecule has 1 aliphatic carbocycles. The Labute approximate surface area is 115 Å². The Morgan fingerprint density at radius 2 is 1.89 bits per heavy atom. The van der Waals surface area contributed by atoms with Gasteiger partial charge in [0.25, 0.3) is 0 Å². The number of hydrogen-bond donors (Lipinski definition) is 1. The molecule has 2 amide bonds. The number of nitrogens with zero attached hydrogens (tertiary/aromatic N) is 1. The second kappa shape index (κ2) is 5.51. The Bertz CT molecular complexity index is 363. The van der Waals surface area contributed by atoms with Crippen LogP contribution >= 0.6 is 0 Å². The molecule has 4 nitrogen and oxygen atoms in total. The Balaban J connectivity index is 2.27. The van der Waals surface area contributed by atoms with Crippen LogP contribution in [-0.4, -0.2) is 34.3 Å². The number of nitrogens with one attached hydrogen (secondary N) is 1. The van der Waals surface area contributed by atoms with Crippen LogP contribution < -0.4 is 5.32 Å². The molecule has 0 radical (unpaired) electrons. The first-order valence-corrected chi connectivity index (χ1v) is 7.61. The summed E-state index contributed by atoms with van der Waals surface area (Å²) >= 11 is 0. The first-order chi connectivity index (χ1) is 8.98. The normalized spacial score (nSPS) is 34.1. The summed E-state index contributed by atoms with van der Waals surface area (Å²) < 4.78 is 0. The van der Waals surface area contributed by atoms with E-state index in [1.807, 2.05) is 25.7 Å². The van der Waals surface area contributed by atoms with E-state index in [9.17, 15) is 9.59 Å². The number of rotatable bonds is 2. The Morgan fingerprint density at radius 1 is 1.26 bits per heavy atom. The first-order valence-electron chi connectivity index (χ1n) is 7.61. The van der Waals surface area contributed by atoms with Gasteiger partial charge in [-0.25, -0.2) is 0 Å². The van der Waals surface area contributed by atoms with Gasteiger partial charge in [-0.1, -0.05) is 26.2 Å². The summed E-state index contributed by atoms with van der Waals surface area (Å²) in [6.45, 7) is 5.84. The first kappa shape index (κ1) is 14.4. The smallest absolute Gasteiger partial charge is 0.248 e. The number of carbonyl (C=O) groups excluding carboxylic acids is 2. The van der Waals surface area contributed by atoms with Crippen molar-refractivity contribution in [3.8, 4) is 0 Å². The van der Waals surface area contributed by atoms with E-state index in [-0.39, 0.29) is 17.9 Å². The molecule has 1 aliphatic heterocycles. The second-order valence-electron chi connectivity index (χ2n) is 6.29. The predicted molar refractivity (Wildman–Crippen MR) is 74.6 cm³/mol. The van der Waals surface area contributed by atoms with Gasteiger partial charge < -0.3 is 10.2 Å². The van der Waals surface area contributed by atoms with Crippen LogP contribution in [0.3, 0.4) is 0 Å². The van der Waals surface area contributed by atoms with Gasteiger partial charge in [-0.15, -0.1) is 0 Å². The van der Waals surface area contributed by atoms with Crippen LogP contribution in [0.1, 0.15) is 65.7 Å². The van der Waals surface area contributed by atoms with Gasteiger partial charge in [0.1, 0.15) is 5.54 Å². The molecule has 1 N–H and O–H groups in total. The maximum absolute atomic E-state index is 12.9. The van der Waals surface area contributed by atoms with E-state index in [0.29, 0.717) is 18.9 Å². The lowest BCUT2D eigenvalue weighted by atomic mass is 9.90. The van der Waals surface area contributed by atoms with Gasteiger partial charge in [-0.05, 0) is 33.1 Å². The predicted octanol–water partition coefficient (Wildman–Crippen LogP) is 2.22. The molecular weight excluding hydrogens is 240 g/mol. The molecule has 19 heavy (non-hydrogen) atoms. The zero-order valence-corrected chi connectivity index (χ0v) is 12.4. The minimum absolute atomic E-state index is 0.00325. The molecular formula is C15H26N2O2. The zero-order chi connectivity index (χ0) is 14.0.